The zero-order valence-corrected chi connectivity index (χ0v) is 17.6. The van der Waals surface area contributed by atoms with Gasteiger partial charge in [-0.2, -0.15) is 0 Å². The molecule has 1 fully saturated rings. The van der Waals surface area contributed by atoms with E-state index in [4.69, 9.17) is 4.74 Å². The monoisotopic (exact) mass is 375 g/mol. The van der Waals surface area contributed by atoms with E-state index in [0.717, 1.165) is 29.9 Å². The molecule has 4 heteroatoms. The highest BCUT2D eigenvalue weighted by Crippen LogP contribution is 2.30. The molecule has 1 saturated heterocycles. The maximum atomic E-state index is 11.3. The molecular formula is C22H33NO2S. The summed E-state index contributed by atoms with van der Waals surface area (Å²) in [5.41, 5.74) is 2.98. The van der Waals surface area contributed by atoms with E-state index < -0.39 is 0 Å². The number of amides is 1. The lowest BCUT2D eigenvalue weighted by Crippen LogP contribution is -2.11. The normalized spacial score (nSPS) is 18.5. The van der Waals surface area contributed by atoms with Crippen LogP contribution in [0, 0.1) is 0 Å². The number of ether oxygens (including phenoxy) is 1. The molecule has 0 radical (unpaired) electrons. The average Bonchev–Trinajstić information content (AvgIpc) is 2.95. The second-order valence-corrected chi connectivity index (χ2v) is 6.78. The quantitative estimate of drug-likeness (QED) is 0.360. The summed E-state index contributed by atoms with van der Waals surface area (Å²) >= 11 is 1.27. The van der Waals surface area contributed by atoms with E-state index in [1.807, 2.05) is 39.8 Å². The van der Waals surface area contributed by atoms with Crippen molar-refractivity contribution in [3.63, 3.8) is 0 Å². The maximum Gasteiger partial charge on any atom is 0.283 e. The van der Waals surface area contributed by atoms with Gasteiger partial charge in [0, 0.05) is 5.70 Å². The SMILES string of the molecule is C=C/C(=C\C=C(/C)OC/C(C)=C/C=C\CC)CC1SC(=O)NC1=C.CC. The molecular weight excluding hydrogens is 342 g/mol. The molecule has 1 aliphatic heterocycles. The molecule has 26 heavy (non-hydrogen) atoms. The summed E-state index contributed by atoms with van der Waals surface area (Å²) in [4.78, 5) is 11.3. The lowest BCUT2D eigenvalue weighted by molar-refractivity contribution is 0.242. The van der Waals surface area contributed by atoms with Crippen molar-refractivity contribution in [1.29, 1.82) is 0 Å². The Morgan fingerprint density at radius 3 is 2.50 bits per heavy atom. The standard InChI is InChI=1S/C20H27NO2S.C2H6/c1-6-8-9-10-15(3)14-23-16(4)11-12-18(7-2)13-19-17(5)21-20(22)24-19;1-2/h7-12,19H,2,5-6,13-14H2,1,3-4H3,(H,21,22);1-2H3/b9-8-,15-10+,16-11+,18-12+;. The van der Waals surface area contributed by atoms with Crippen molar-refractivity contribution in [1.82, 2.24) is 5.32 Å². The molecule has 1 N–H and O–H groups in total. The van der Waals surface area contributed by atoms with Crippen molar-refractivity contribution in [2.24, 2.45) is 0 Å². The van der Waals surface area contributed by atoms with Crippen molar-refractivity contribution in [3.8, 4) is 0 Å². The molecule has 0 aliphatic carbocycles. The molecule has 3 nitrogen and oxygen atoms in total. The van der Waals surface area contributed by atoms with Gasteiger partial charge in [-0.15, -0.1) is 0 Å². The summed E-state index contributed by atoms with van der Waals surface area (Å²) in [6, 6.07) is 0. The van der Waals surface area contributed by atoms with Crippen LogP contribution in [-0.4, -0.2) is 17.1 Å². The van der Waals surface area contributed by atoms with Crippen LogP contribution in [0.25, 0.3) is 0 Å². The van der Waals surface area contributed by atoms with Crippen LogP contribution >= 0.6 is 11.8 Å². The number of carbonyl (C=O) groups is 1. The molecule has 1 atom stereocenters. The predicted octanol–water partition coefficient (Wildman–Crippen LogP) is 6.69. The van der Waals surface area contributed by atoms with Crippen LogP contribution in [-0.2, 0) is 4.74 Å². The molecule has 0 bridgehead atoms. The zero-order valence-electron chi connectivity index (χ0n) is 16.8. The number of hydrogen-bond donors (Lipinski definition) is 1. The fraction of sp³-hybridized carbons (Fsp3) is 0.409. The van der Waals surface area contributed by atoms with Gasteiger partial charge in [-0.1, -0.05) is 76.1 Å². The summed E-state index contributed by atoms with van der Waals surface area (Å²) in [6.45, 7) is 18.4. The second-order valence-electron chi connectivity index (χ2n) is 5.61. The van der Waals surface area contributed by atoms with Gasteiger partial charge >= 0.3 is 0 Å². The van der Waals surface area contributed by atoms with Crippen LogP contribution in [0.15, 0.2) is 72.2 Å². The van der Waals surface area contributed by atoms with Crippen molar-refractivity contribution in [2.75, 3.05) is 6.61 Å². The number of carbonyl (C=O) groups excluding carboxylic acids is 1. The van der Waals surface area contributed by atoms with Gasteiger partial charge in [-0.05, 0) is 43.9 Å². The number of nitrogens with one attached hydrogen (secondary N) is 1. The molecule has 0 aromatic heterocycles. The number of allylic oxidation sites excluding steroid dienone is 8. The topological polar surface area (TPSA) is 38.3 Å². The number of hydrogen-bond acceptors (Lipinski definition) is 3. The first-order chi connectivity index (χ1) is 12.5. The Hall–Kier alpha value is -1.94. The van der Waals surface area contributed by atoms with Gasteiger partial charge in [0.15, 0.2) is 0 Å². The van der Waals surface area contributed by atoms with E-state index >= 15 is 0 Å². The fourth-order valence-electron chi connectivity index (χ4n) is 1.96. The van der Waals surface area contributed by atoms with E-state index in [2.05, 4.69) is 43.6 Å². The van der Waals surface area contributed by atoms with Crippen molar-refractivity contribution in [3.05, 3.63) is 72.2 Å². The Labute approximate surface area is 163 Å². The van der Waals surface area contributed by atoms with Crippen LogP contribution in [0.5, 0.6) is 0 Å². The van der Waals surface area contributed by atoms with Crippen LogP contribution in [0.3, 0.4) is 0 Å². The third kappa shape index (κ3) is 10.1. The zero-order chi connectivity index (χ0) is 19.9. The van der Waals surface area contributed by atoms with Crippen molar-refractivity contribution in [2.45, 2.75) is 52.7 Å². The largest absolute Gasteiger partial charge is 0.494 e. The Bertz CT molecular complexity index is 597. The molecule has 1 heterocycles. The summed E-state index contributed by atoms with van der Waals surface area (Å²) in [6.07, 6.45) is 13.7. The molecule has 1 amide bonds. The van der Waals surface area contributed by atoms with Crippen molar-refractivity contribution < 1.29 is 9.53 Å². The van der Waals surface area contributed by atoms with Gasteiger partial charge in [0.25, 0.3) is 5.24 Å². The molecule has 1 aliphatic rings. The average molecular weight is 376 g/mol. The lowest BCUT2D eigenvalue weighted by Gasteiger charge is -2.09. The minimum Gasteiger partial charge on any atom is -0.494 e. The maximum absolute atomic E-state index is 11.3. The summed E-state index contributed by atoms with van der Waals surface area (Å²) < 4.78 is 5.73. The Morgan fingerprint density at radius 1 is 1.27 bits per heavy atom. The van der Waals surface area contributed by atoms with Gasteiger partial charge in [0.1, 0.15) is 6.61 Å². The van der Waals surface area contributed by atoms with Gasteiger partial charge in [-0.3, -0.25) is 4.79 Å². The Balaban J connectivity index is 0.00000301. The molecule has 0 aromatic carbocycles. The Kier molecular flexibility index (Phi) is 13.2. The molecule has 144 valence electrons. The van der Waals surface area contributed by atoms with Gasteiger partial charge in [0.2, 0.25) is 0 Å². The molecule has 1 rings (SSSR count). The van der Waals surface area contributed by atoms with Crippen molar-refractivity contribution >= 4 is 17.0 Å². The molecule has 1 unspecified atom stereocenters. The van der Waals surface area contributed by atoms with E-state index in [0.29, 0.717) is 6.61 Å². The second kappa shape index (κ2) is 14.3. The van der Waals surface area contributed by atoms with E-state index in [-0.39, 0.29) is 10.5 Å². The highest BCUT2D eigenvalue weighted by atomic mass is 32.2. The summed E-state index contributed by atoms with van der Waals surface area (Å²) in [5.74, 6) is 0.841. The minimum absolute atomic E-state index is 0.0390. The number of rotatable bonds is 9. The lowest BCUT2D eigenvalue weighted by atomic mass is 10.1. The molecule has 0 aromatic rings. The van der Waals surface area contributed by atoms with E-state index in [1.54, 1.807) is 6.08 Å². The smallest absolute Gasteiger partial charge is 0.283 e. The van der Waals surface area contributed by atoms with Crippen LogP contribution in [0.1, 0.15) is 47.5 Å². The first kappa shape index (κ1) is 24.1. The summed E-state index contributed by atoms with van der Waals surface area (Å²) in [5, 5.41) is 2.75. The van der Waals surface area contributed by atoms with Crippen LogP contribution in [0.2, 0.25) is 0 Å². The van der Waals surface area contributed by atoms with Crippen LogP contribution in [0.4, 0.5) is 4.79 Å². The minimum atomic E-state index is -0.0390. The third-order valence-corrected chi connectivity index (χ3v) is 4.45. The fourth-order valence-corrected chi connectivity index (χ4v) is 2.88. The van der Waals surface area contributed by atoms with Gasteiger partial charge < -0.3 is 10.1 Å². The summed E-state index contributed by atoms with van der Waals surface area (Å²) in [7, 11) is 0. The highest BCUT2D eigenvalue weighted by Gasteiger charge is 2.26. The predicted molar refractivity (Wildman–Crippen MR) is 116 cm³/mol. The third-order valence-electron chi connectivity index (χ3n) is 3.40. The highest BCUT2D eigenvalue weighted by molar-refractivity contribution is 8.14. The Morgan fingerprint density at radius 2 is 1.96 bits per heavy atom. The first-order valence-corrected chi connectivity index (χ1v) is 9.95. The molecule has 0 saturated carbocycles. The van der Waals surface area contributed by atoms with E-state index in [1.165, 1.54) is 17.3 Å². The van der Waals surface area contributed by atoms with Gasteiger partial charge in [-0.25, -0.2) is 0 Å². The van der Waals surface area contributed by atoms with Gasteiger partial charge in [0.05, 0.1) is 11.0 Å². The van der Waals surface area contributed by atoms with E-state index in [9.17, 15) is 4.79 Å². The number of thioether (sulfide) groups is 1. The van der Waals surface area contributed by atoms with Crippen LogP contribution < -0.4 is 5.32 Å². The molecule has 0 spiro atoms. The first-order valence-electron chi connectivity index (χ1n) is 9.07.